The van der Waals surface area contributed by atoms with E-state index < -0.39 is 0 Å². The number of isocyanates is 1. The van der Waals surface area contributed by atoms with Crippen LogP contribution < -0.4 is 0 Å². The van der Waals surface area contributed by atoms with Crippen LogP contribution in [0.4, 0.5) is 0 Å². The molecule has 0 aliphatic heterocycles. The maximum Gasteiger partial charge on any atom is 0.338 e. The standard InChI is InChI=1S/C12H13NO3/c1-9-7-10(5-6-13-8-14)3-4-11(9)12(15)16-2/h3-4,7H,5-6H2,1-2H3. The first-order valence-electron chi connectivity index (χ1n) is 4.90. The van der Waals surface area contributed by atoms with E-state index in [1.165, 1.54) is 13.2 Å². The summed E-state index contributed by atoms with van der Waals surface area (Å²) in [5.74, 6) is -0.338. The van der Waals surface area contributed by atoms with E-state index in [9.17, 15) is 9.59 Å². The molecule has 0 fully saturated rings. The molecule has 0 heterocycles. The van der Waals surface area contributed by atoms with Crippen LogP contribution in [0.15, 0.2) is 23.2 Å². The second-order valence-corrected chi connectivity index (χ2v) is 3.36. The van der Waals surface area contributed by atoms with Crippen molar-refractivity contribution in [3.8, 4) is 0 Å². The van der Waals surface area contributed by atoms with Gasteiger partial charge in [0.1, 0.15) is 0 Å². The van der Waals surface area contributed by atoms with Crippen LogP contribution in [0.3, 0.4) is 0 Å². The number of methoxy groups -OCH3 is 1. The molecule has 0 N–H and O–H groups in total. The first kappa shape index (κ1) is 12.1. The van der Waals surface area contributed by atoms with E-state index in [1.54, 1.807) is 6.07 Å². The minimum atomic E-state index is -0.338. The Morgan fingerprint density at radius 2 is 2.25 bits per heavy atom. The molecular formula is C12H13NO3. The summed E-state index contributed by atoms with van der Waals surface area (Å²) < 4.78 is 4.65. The lowest BCUT2D eigenvalue weighted by Crippen LogP contribution is -2.04. The smallest absolute Gasteiger partial charge is 0.338 e. The molecule has 0 spiro atoms. The Labute approximate surface area is 94.0 Å². The zero-order valence-corrected chi connectivity index (χ0v) is 9.32. The number of rotatable bonds is 4. The van der Waals surface area contributed by atoms with Gasteiger partial charge >= 0.3 is 5.97 Å². The highest BCUT2D eigenvalue weighted by atomic mass is 16.5. The molecule has 1 aromatic rings. The van der Waals surface area contributed by atoms with Crippen molar-refractivity contribution >= 4 is 12.0 Å². The number of carbonyl (C=O) groups excluding carboxylic acids is 2. The fraction of sp³-hybridized carbons (Fsp3) is 0.333. The third-order valence-electron chi connectivity index (χ3n) is 2.27. The largest absolute Gasteiger partial charge is 0.465 e. The maximum absolute atomic E-state index is 11.3. The first-order chi connectivity index (χ1) is 7.69. The average Bonchev–Trinajstić information content (AvgIpc) is 2.29. The number of hydrogen-bond donors (Lipinski definition) is 0. The Balaban J connectivity index is 2.82. The summed E-state index contributed by atoms with van der Waals surface area (Å²) in [6.45, 7) is 2.26. The maximum atomic E-state index is 11.3. The highest BCUT2D eigenvalue weighted by Gasteiger charge is 2.08. The number of benzene rings is 1. The van der Waals surface area contributed by atoms with Crippen molar-refractivity contribution < 1.29 is 14.3 Å². The van der Waals surface area contributed by atoms with Crippen LogP contribution in [0.5, 0.6) is 0 Å². The van der Waals surface area contributed by atoms with Crippen LogP contribution in [-0.2, 0) is 16.0 Å². The molecule has 1 rings (SSSR count). The topological polar surface area (TPSA) is 55.7 Å². The summed E-state index contributed by atoms with van der Waals surface area (Å²) in [4.78, 5) is 24.7. The lowest BCUT2D eigenvalue weighted by molar-refractivity contribution is 0.0600. The Morgan fingerprint density at radius 3 is 2.81 bits per heavy atom. The molecule has 0 aromatic heterocycles. The van der Waals surface area contributed by atoms with E-state index in [-0.39, 0.29) is 5.97 Å². The number of esters is 1. The third-order valence-corrected chi connectivity index (χ3v) is 2.27. The van der Waals surface area contributed by atoms with Gasteiger partial charge in [0.2, 0.25) is 6.08 Å². The Morgan fingerprint density at radius 1 is 1.50 bits per heavy atom. The molecule has 0 saturated carbocycles. The summed E-state index contributed by atoms with van der Waals surface area (Å²) in [5.41, 5.74) is 2.45. The second kappa shape index (κ2) is 5.83. The van der Waals surface area contributed by atoms with Crippen LogP contribution in [0.25, 0.3) is 0 Å². The summed E-state index contributed by atoms with van der Waals surface area (Å²) in [6, 6.07) is 5.45. The van der Waals surface area contributed by atoms with Gasteiger partial charge in [0, 0.05) is 0 Å². The number of ether oxygens (including phenoxy) is 1. The summed E-state index contributed by atoms with van der Waals surface area (Å²) in [5, 5.41) is 0. The van der Waals surface area contributed by atoms with E-state index in [0.29, 0.717) is 18.5 Å². The van der Waals surface area contributed by atoms with E-state index >= 15 is 0 Å². The lowest BCUT2D eigenvalue weighted by Gasteiger charge is -2.05. The molecule has 0 radical (unpaired) electrons. The summed E-state index contributed by atoms with van der Waals surface area (Å²) in [7, 11) is 1.36. The minimum absolute atomic E-state index is 0.338. The number of aliphatic imine (C=N–C) groups is 1. The van der Waals surface area contributed by atoms with Crippen molar-refractivity contribution in [1.29, 1.82) is 0 Å². The van der Waals surface area contributed by atoms with Crippen molar-refractivity contribution in [1.82, 2.24) is 0 Å². The highest BCUT2D eigenvalue weighted by molar-refractivity contribution is 5.90. The summed E-state index contributed by atoms with van der Waals surface area (Å²) >= 11 is 0. The molecule has 0 amide bonds. The number of carbonyl (C=O) groups is 1. The number of nitrogens with zero attached hydrogens (tertiary/aromatic N) is 1. The molecule has 4 heteroatoms. The molecule has 84 valence electrons. The van der Waals surface area contributed by atoms with Crippen molar-refractivity contribution in [2.24, 2.45) is 4.99 Å². The first-order valence-corrected chi connectivity index (χ1v) is 4.90. The van der Waals surface area contributed by atoms with E-state index in [4.69, 9.17) is 0 Å². The van der Waals surface area contributed by atoms with Gasteiger partial charge in [0.25, 0.3) is 0 Å². The predicted molar refractivity (Wildman–Crippen MR) is 59.2 cm³/mol. The van der Waals surface area contributed by atoms with Gasteiger partial charge in [-0.15, -0.1) is 0 Å². The fourth-order valence-electron chi connectivity index (χ4n) is 1.45. The van der Waals surface area contributed by atoms with Crippen LogP contribution in [0.2, 0.25) is 0 Å². The molecular weight excluding hydrogens is 206 g/mol. The average molecular weight is 219 g/mol. The Bertz CT molecular complexity index is 434. The molecule has 0 bridgehead atoms. The van der Waals surface area contributed by atoms with Gasteiger partial charge in [-0.25, -0.2) is 14.6 Å². The normalized spacial score (nSPS) is 9.38. The quantitative estimate of drug-likeness (QED) is 0.439. The molecule has 0 saturated heterocycles. The minimum Gasteiger partial charge on any atom is -0.465 e. The van der Waals surface area contributed by atoms with Gasteiger partial charge in [-0.1, -0.05) is 12.1 Å². The van der Waals surface area contributed by atoms with Crippen LogP contribution in [0.1, 0.15) is 21.5 Å². The summed E-state index contributed by atoms with van der Waals surface area (Å²) in [6.07, 6.45) is 2.16. The SMILES string of the molecule is COC(=O)c1ccc(CCN=C=O)cc1C. The van der Waals surface area contributed by atoms with E-state index in [1.807, 2.05) is 19.1 Å². The molecule has 1 aromatic carbocycles. The molecule has 0 aliphatic rings. The zero-order valence-electron chi connectivity index (χ0n) is 9.32. The number of hydrogen-bond acceptors (Lipinski definition) is 4. The van der Waals surface area contributed by atoms with Gasteiger partial charge in [0.15, 0.2) is 0 Å². The van der Waals surface area contributed by atoms with Gasteiger partial charge in [0.05, 0.1) is 19.2 Å². The number of aryl methyl sites for hydroxylation is 1. The highest BCUT2D eigenvalue weighted by Crippen LogP contribution is 2.12. The van der Waals surface area contributed by atoms with Gasteiger partial charge in [-0.3, -0.25) is 0 Å². The second-order valence-electron chi connectivity index (χ2n) is 3.36. The van der Waals surface area contributed by atoms with Crippen molar-refractivity contribution in [3.05, 3.63) is 34.9 Å². The molecule has 0 aliphatic carbocycles. The van der Waals surface area contributed by atoms with Crippen LogP contribution >= 0.6 is 0 Å². The van der Waals surface area contributed by atoms with E-state index in [2.05, 4.69) is 9.73 Å². The third kappa shape index (κ3) is 3.04. The molecule has 16 heavy (non-hydrogen) atoms. The molecule has 0 atom stereocenters. The van der Waals surface area contributed by atoms with Crippen molar-refractivity contribution in [2.45, 2.75) is 13.3 Å². The van der Waals surface area contributed by atoms with E-state index in [0.717, 1.165) is 11.1 Å². The Hall–Kier alpha value is -1.93. The molecule has 4 nitrogen and oxygen atoms in total. The lowest BCUT2D eigenvalue weighted by atomic mass is 10.0. The van der Waals surface area contributed by atoms with Crippen molar-refractivity contribution in [2.75, 3.05) is 13.7 Å². The zero-order chi connectivity index (χ0) is 12.0. The van der Waals surface area contributed by atoms with Gasteiger partial charge in [-0.2, -0.15) is 0 Å². The Kier molecular flexibility index (Phi) is 4.42. The van der Waals surface area contributed by atoms with Crippen LogP contribution in [-0.4, -0.2) is 25.7 Å². The van der Waals surface area contributed by atoms with Gasteiger partial charge < -0.3 is 4.74 Å². The van der Waals surface area contributed by atoms with Crippen molar-refractivity contribution in [3.63, 3.8) is 0 Å². The monoisotopic (exact) mass is 219 g/mol. The van der Waals surface area contributed by atoms with Gasteiger partial charge in [-0.05, 0) is 30.5 Å². The predicted octanol–water partition coefficient (Wildman–Crippen LogP) is 1.66. The molecule has 0 unspecified atom stereocenters. The van der Waals surface area contributed by atoms with Crippen LogP contribution in [0, 0.1) is 6.92 Å². The fourth-order valence-corrected chi connectivity index (χ4v) is 1.45.